The van der Waals surface area contributed by atoms with Crippen molar-refractivity contribution in [2.24, 2.45) is 0 Å². The molecule has 7 heteroatoms. The van der Waals surface area contributed by atoms with E-state index in [9.17, 15) is 18.0 Å². The quantitative estimate of drug-likeness (QED) is 0.803. The normalized spacial score (nSPS) is 10.9. The molecule has 0 N–H and O–H groups in total. The third-order valence-corrected chi connectivity index (χ3v) is 2.57. The minimum Gasteiger partial charge on any atom is -0.466 e. The Bertz CT molecular complexity index is 535. The van der Waals surface area contributed by atoms with Crippen LogP contribution in [0, 0.1) is 11.3 Å². The molecule has 0 saturated carbocycles. The van der Waals surface area contributed by atoms with Gasteiger partial charge in [0.2, 0.25) is 0 Å². The number of nitriles is 1. The first-order valence-corrected chi connectivity index (χ1v) is 5.62. The van der Waals surface area contributed by atoms with Crippen molar-refractivity contribution in [2.75, 3.05) is 6.61 Å². The van der Waals surface area contributed by atoms with Crippen LogP contribution in [0.1, 0.15) is 23.6 Å². The zero-order chi connectivity index (χ0) is 14.6. The summed E-state index contributed by atoms with van der Waals surface area (Å²) < 4.78 is 42.5. The summed E-state index contributed by atoms with van der Waals surface area (Å²) in [5.41, 5.74) is -1.23. The van der Waals surface area contributed by atoms with Crippen molar-refractivity contribution in [3.63, 3.8) is 0 Å². The molecule has 0 saturated heterocycles. The summed E-state index contributed by atoms with van der Waals surface area (Å²) in [5, 5.41) is 8.28. The molecular weight excluding hydrogens is 283 g/mol. The molecule has 0 aliphatic rings. The molecule has 3 nitrogen and oxygen atoms in total. The Morgan fingerprint density at radius 3 is 2.58 bits per heavy atom. The molecule has 1 aromatic rings. The van der Waals surface area contributed by atoms with Gasteiger partial charge in [0.05, 0.1) is 35.2 Å². The van der Waals surface area contributed by atoms with E-state index in [1.165, 1.54) is 0 Å². The van der Waals surface area contributed by atoms with Crippen molar-refractivity contribution in [3.8, 4) is 6.07 Å². The van der Waals surface area contributed by atoms with Crippen LogP contribution in [0.3, 0.4) is 0 Å². The Hall–Kier alpha value is -1.74. The molecule has 0 atom stereocenters. The maximum Gasteiger partial charge on any atom is 0.417 e. The number of benzene rings is 1. The van der Waals surface area contributed by atoms with Crippen molar-refractivity contribution >= 4 is 17.6 Å². The third-order valence-electron chi connectivity index (χ3n) is 2.26. The molecule has 0 fully saturated rings. The standard InChI is InChI=1S/C12H9ClF3NO2/c1-2-19-11(18)5-7-4-10(13)9(12(14,15)16)3-8(7)6-17/h3-4H,2,5H2,1H3. The lowest BCUT2D eigenvalue weighted by molar-refractivity contribution is -0.142. The largest absolute Gasteiger partial charge is 0.466 e. The van der Waals surface area contributed by atoms with Gasteiger partial charge in [0.1, 0.15) is 0 Å². The van der Waals surface area contributed by atoms with Crippen molar-refractivity contribution in [1.29, 1.82) is 5.26 Å². The van der Waals surface area contributed by atoms with Gasteiger partial charge < -0.3 is 4.74 Å². The third kappa shape index (κ3) is 3.86. The van der Waals surface area contributed by atoms with Gasteiger partial charge in [-0.25, -0.2) is 0 Å². The maximum atomic E-state index is 12.6. The first-order chi connectivity index (χ1) is 8.79. The zero-order valence-electron chi connectivity index (χ0n) is 9.84. The van der Waals surface area contributed by atoms with Gasteiger partial charge >= 0.3 is 12.1 Å². The molecule has 1 rings (SSSR count). The first-order valence-electron chi connectivity index (χ1n) is 5.25. The van der Waals surface area contributed by atoms with E-state index < -0.39 is 22.7 Å². The lowest BCUT2D eigenvalue weighted by atomic mass is 10.0. The van der Waals surface area contributed by atoms with Crippen LogP contribution in [-0.4, -0.2) is 12.6 Å². The van der Waals surface area contributed by atoms with Gasteiger partial charge in [-0.3, -0.25) is 4.79 Å². The highest BCUT2D eigenvalue weighted by atomic mass is 35.5. The summed E-state index contributed by atoms with van der Waals surface area (Å²) in [5.74, 6) is -0.630. The van der Waals surface area contributed by atoms with E-state index in [1.54, 1.807) is 13.0 Å². The van der Waals surface area contributed by atoms with Crippen LogP contribution in [-0.2, 0) is 22.1 Å². The molecule has 0 radical (unpaired) electrons. The van der Waals surface area contributed by atoms with Crippen molar-refractivity contribution in [2.45, 2.75) is 19.5 Å². The van der Waals surface area contributed by atoms with Crippen LogP contribution in [0.15, 0.2) is 12.1 Å². The first kappa shape index (κ1) is 15.3. The van der Waals surface area contributed by atoms with Crippen LogP contribution in [0.2, 0.25) is 5.02 Å². The van der Waals surface area contributed by atoms with Gasteiger partial charge in [-0.15, -0.1) is 0 Å². The molecule has 0 amide bonds. The number of hydrogen-bond donors (Lipinski definition) is 0. The molecule has 19 heavy (non-hydrogen) atoms. The highest BCUT2D eigenvalue weighted by Crippen LogP contribution is 2.36. The predicted molar refractivity (Wildman–Crippen MR) is 61.5 cm³/mol. The topological polar surface area (TPSA) is 50.1 Å². The van der Waals surface area contributed by atoms with Crippen LogP contribution in [0.25, 0.3) is 0 Å². The number of halogens is 4. The van der Waals surface area contributed by atoms with Crippen LogP contribution in [0.5, 0.6) is 0 Å². The van der Waals surface area contributed by atoms with Crippen LogP contribution >= 0.6 is 11.6 Å². The SMILES string of the molecule is CCOC(=O)Cc1cc(Cl)c(C(F)(F)F)cc1C#N. The summed E-state index contributed by atoms with van der Waals surface area (Å²) in [6, 6.07) is 3.22. The summed E-state index contributed by atoms with van der Waals surface area (Å²) in [6.07, 6.45) is -4.94. The summed E-state index contributed by atoms with van der Waals surface area (Å²) in [7, 11) is 0. The van der Waals surface area contributed by atoms with E-state index in [4.69, 9.17) is 16.9 Å². The second-order valence-electron chi connectivity index (χ2n) is 3.58. The molecule has 0 heterocycles. The molecule has 0 spiro atoms. The Kier molecular flexibility index (Phi) is 4.78. The number of nitrogens with zero attached hydrogens (tertiary/aromatic N) is 1. The number of hydrogen-bond acceptors (Lipinski definition) is 3. The fourth-order valence-electron chi connectivity index (χ4n) is 1.45. The maximum absolute atomic E-state index is 12.6. The van der Waals surface area contributed by atoms with Crippen LogP contribution < -0.4 is 0 Å². The highest BCUT2D eigenvalue weighted by molar-refractivity contribution is 6.31. The lowest BCUT2D eigenvalue weighted by Crippen LogP contribution is -2.11. The Balaban J connectivity index is 3.19. The highest BCUT2D eigenvalue weighted by Gasteiger charge is 2.34. The molecule has 0 aromatic heterocycles. The molecule has 0 bridgehead atoms. The molecule has 0 aliphatic carbocycles. The number of alkyl halides is 3. The van der Waals surface area contributed by atoms with Gasteiger partial charge in [-0.2, -0.15) is 18.4 Å². The zero-order valence-corrected chi connectivity index (χ0v) is 10.6. The smallest absolute Gasteiger partial charge is 0.417 e. The lowest BCUT2D eigenvalue weighted by Gasteiger charge is -2.12. The molecule has 102 valence electrons. The minimum absolute atomic E-state index is 0.110. The number of carbonyl (C=O) groups excluding carboxylic acids is 1. The molecule has 0 unspecified atom stereocenters. The summed E-state index contributed by atoms with van der Waals surface area (Å²) in [6.45, 7) is 1.75. The monoisotopic (exact) mass is 291 g/mol. The van der Waals surface area contributed by atoms with Crippen molar-refractivity contribution in [1.82, 2.24) is 0 Å². The van der Waals surface area contributed by atoms with Gasteiger partial charge in [-0.05, 0) is 24.6 Å². The fraction of sp³-hybridized carbons (Fsp3) is 0.333. The molecule has 1 aromatic carbocycles. The Morgan fingerprint density at radius 1 is 1.47 bits per heavy atom. The number of esters is 1. The van der Waals surface area contributed by atoms with E-state index in [-0.39, 0.29) is 24.2 Å². The summed E-state index contributed by atoms with van der Waals surface area (Å²) in [4.78, 5) is 11.3. The molecule has 0 aliphatic heterocycles. The van der Waals surface area contributed by atoms with Gasteiger partial charge in [0, 0.05) is 0 Å². The summed E-state index contributed by atoms with van der Waals surface area (Å²) >= 11 is 5.52. The van der Waals surface area contributed by atoms with Crippen molar-refractivity contribution in [3.05, 3.63) is 33.8 Å². The van der Waals surface area contributed by atoms with Gasteiger partial charge in [-0.1, -0.05) is 11.6 Å². The van der Waals surface area contributed by atoms with Gasteiger partial charge in [0.15, 0.2) is 0 Å². The number of ether oxygens (including phenoxy) is 1. The average Bonchev–Trinajstić information content (AvgIpc) is 2.27. The molecular formula is C12H9ClF3NO2. The number of carbonyl (C=O) groups is 1. The van der Waals surface area contributed by atoms with E-state index in [2.05, 4.69) is 4.74 Å². The Morgan fingerprint density at radius 2 is 2.11 bits per heavy atom. The van der Waals surface area contributed by atoms with E-state index >= 15 is 0 Å². The minimum atomic E-state index is -4.65. The van der Waals surface area contributed by atoms with E-state index in [0.29, 0.717) is 6.07 Å². The van der Waals surface area contributed by atoms with Crippen LogP contribution in [0.4, 0.5) is 13.2 Å². The van der Waals surface area contributed by atoms with E-state index in [0.717, 1.165) is 6.07 Å². The Labute approximate surface area is 112 Å². The fourth-order valence-corrected chi connectivity index (χ4v) is 1.74. The van der Waals surface area contributed by atoms with E-state index in [1.807, 2.05) is 0 Å². The predicted octanol–water partition coefficient (Wildman–Crippen LogP) is 3.34. The van der Waals surface area contributed by atoms with Crippen molar-refractivity contribution < 1.29 is 22.7 Å². The van der Waals surface area contributed by atoms with Gasteiger partial charge in [0.25, 0.3) is 0 Å². The second kappa shape index (κ2) is 5.93. The average molecular weight is 292 g/mol. The number of rotatable bonds is 3. The second-order valence-corrected chi connectivity index (χ2v) is 3.99.